The third-order valence-corrected chi connectivity index (χ3v) is 11.4. The first kappa shape index (κ1) is 34.0. The summed E-state index contributed by atoms with van der Waals surface area (Å²) in [5, 5.41) is 12.0. The highest BCUT2D eigenvalue weighted by molar-refractivity contribution is 6.04. The zero-order valence-corrected chi connectivity index (χ0v) is 31.6. The standard InChI is InChI=1S/C53H36N4/c1-53(2)47-31-34(33-54)17-28-45(47)46-30-27-42(32-48(46)53)35-18-22-38(23-19-35)49-43-16-10-9-11-36(43)26-29-44(49)37-20-24-41(25-21-37)52-56-50(39-12-5-3-6-13-39)55-51(57-52)40-14-7-4-8-15-40/h3-32H,1-2H3. The van der Waals surface area contributed by atoms with E-state index in [1.807, 2.05) is 66.7 Å². The van der Waals surface area contributed by atoms with Gasteiger partial charge in [0.15, 0.2) is 17.5 Å². The van der Waals surface area contributed by atoms with Gasteiger partial charge in [-0.15, -0.1) is 0 Å². The van der Waals surface area contributed by atoms with Crippen LogP contribution in [0.15, 0.2) is 182 Å². The molecule has 0 spiro atoms. The lowest BCUT2D eigenvalue weighted by molar-refractivity contribution is 0.660. The van der Waals surface area contributed by atoms with E-state index >= 15 is 0 Å². The van der Waals surface area contributed by atoms with Gasteiger partial charge in [0.1, 0.15) is 0 Å². The number of aromatic nitrogens is 3. The Morgan fingerprint density at radius 1 is 0.404 bits per heavy atom. The van der Waals surface area contributed by atoms with Gasteiger partial charge in [-0.3, -0.25) is 0 Å². The first-order chi connectivity index (χ1) is 27.9. The number of benzene rings is 8. The van der Waals surface area contributed by atoms with Gasteiger partial charge in [0.05, 0.1) is 11.6 Å². The van der Waals surface area contributed by atoms with Crippen LogP contribution in [0.5, 0.6) is 0 Å². The molecule has 0 unspecified atom stereocenters. The van der Waals surface area contributed by atoms with Crippen LogP contribution >= 0.6 is 0 Å². The highest BCUT2D eigenvalue weighted by atomic mass is 15.0. The van der Waals surface area contributed by atoms with Crippen LogP contribution in [0.3, 0.4) is 0 Å². The van der Waals surface area contributed by atoms with Crippen molar-refractivity contribution < 1.29 is 0 Å². The predicted molar refractivity (Wildman–Crippen MR) is 232 cm³/mol. The molecule has 0 radical (unpaired) electrons. The molecule has 0 N–H and O–H groups in total. The number of rotatable bonds is 6. The van der Waals surface area contributed by atoms with Crippen LogP contribution in [-0.4, -0.2) is 15.0 Å². The summed E-state index contributed by atoms with van der Waals surface area (Å²) >= 11 is 0. The second kappa shape index (κ2) is 13.7. The van der Waals surface area contributed by atoms with Crippen LogP contribution in [-0.2, 0) is 5.41 Å². The minimum atomic E-state index is -0.196. The minimum absolute atomic E-state index is 0.196. The Morgan fingerprint density at radius 2 is 0.877 bits per heavy atom. The summed E-state index contributed by atoms with van der Waals surface area (Å²) in [7, 11) is 0. The van der Waals surface area contributed by atoms with Gasteiger partial charge in [-0.25, -0.2) is 15.0 Å². The maximum Gasteiger partial charge on any atom is 0.164 e. The van der Waals surface area contributed by atoms with E-state index in [0.717, 1.165) is 33.4 Å². The second-order valence-corrected chi connectivity index (χ2v) is 15.2. The third kappa shape index (κ3) is 5.98. The van der Waals surface area contributed by atoms with Crippen LogP contribution in [0.2, 0.25) is 0 Å². The van der Waals surface area contributed by atoms with E-state index in [9.17, 15) is 5.26 Å². The van der Waals surface area contributed by atoms with Crippen LogP contribution in [0.1, 0.15) is 30.5 Å². The zero-order chi connectivity index (χ0) is 38.5. The Hall–Kier alpha value is -7.48. The fourth-order valence-electron chi connectivity index (χ4n) is 8.38. The molecule has 10 rings (SSSR count). The molecular formula is C53H36N4. The molecule has 0 bridgehead atoms. The molecule has 0 aliphatic heterocycles. The lowest BCUT2D eigenvalue weighted by Crippen LogP contribution is -2.15. The molecule has 0 amide bonds. The second-order valence-electron chi connectivity index (χ2n) is 15.2. The molecule has 8 aromatic carbocycles. The topological polar surface area (TPSA) is 62.5 Å². The Morgan fingerprint density at radius 3 is 1.51 bits per heavy atom. The average Bonchev–Trinajstić information content (AvgIpc) is 3.51. The molecule has 1 aromatic heterocycles. The van der Waals surface area contributed by atoms with Gasteiger partial charge in [0.2, 0.25) is 0 Å². The fraction of sp³-hybridized carbons (Fsp3) is 0.0566. The summed E-state index contributed by atoms with van der Waals surface area (Å²) in [4.78, 5) is 14.8. The van der Waals surface area contributed by atoms with Crippen molar-refractivity contribution in [3.63, 3.8) is 0 Å². The van der Waals surface area contributed by atoms with Crippen molar-refractivity contribution in [3.05, 3.63) is 199 Å². The molecule has 1 aliphatic carbocycles. The van der Waals surface area contributed by atoms with Crippen molar-refractivity contribution in [2.45, 2.75) is 19.3 Å². The van der Waals surface area contributed by atoms with Crippen molar-refractivity contribution in [1.29, 1.82) is 5.26 Å². The van der Waals surface area contributed by atoms with Gasteiger partial charge in [-0.1, -0.05) is 178 Å². The lowest BCUT2D eigenvalue weighted by atomic mass is 9.81. The van der Waals surface area contributed by atoms with Crippen LogP contribution in [0, 0.1) is 11.3 Å². The Balaban J connectivity index is 1.02. The summed E-state index contributed by atoms with van der Waals surface area (Å²) in [5.41, 5.74) is 15.3. The largest absolute Gasteiger partial charge is 0.208 e. The molecule has 1 aliphatic rings. The van der Waals surface area contributed by atoms with E-state index in [4.69, 9.17) is 15.0 Å². The van der Waals surface area contributed by atoms with E-state index in [1.54, 1.807) is 0 Å². The molecule has 57 heavy (non-hydrogen) atoms. The number of nitrogens with zero attached hydrogens (tertiary/aromatic N) is 4. The normalized spacial score (nSPS) is 12.5. The molecule has 9 aromatic rings. The van der Waals surface area contributed by atoms with E-state index in [-0.39, 0.29) is 5.41 Å². The summed E-state index contributed by atoms with van der Waals surface area (Å²) in [5.74, 6) is 1.92. The molecule has 268 valence electrons. The predicted octanol–water partition coefficient (Wildman–Crippen LogP) is 13.2. The number of fused-ring (bicyclic) bond motifs is 4. The van der Waals surface area contributed by atoms with Gasteiger partial charge < -0.3 is 0 Å². The molecule has 0 saturated carbocycles. The van der Waals surface area contributed by atoms with Gasteiger partial charge in [0, 0.05) is 22.1 Å². The molecule has 0 atom stereocenters. The smallest absolute Gasteiger partial charge is 0.164 e. The van der Waals surface area contributed by atoms with Gasteiger partial charge in [-0.05, 0) is 84.6 Å². The highest BCUT2D eigenvalue weighted by Crippen LogP contribution is 2.50. The Kier molecular flexibility index (Phi) is 8.17. The van der Waals surface area contributed by atoms with Crippen molar-refractivity contribution in [1.82, 2.24) is 15.0 Å². The van der Waals surface area contributed by atoms with Crippen molar-refractivity contribution >= 4 is 10.8 Å². The summed E-state index contributed by atoms with van der Waals surface area (Å²) in [6, 6.07) is 66.0. The fourth-order valence-corrected chi connectivity index (χ4v) is 8.38. The van der Waals surface area contributed by atoms with Gasteiger partial charge in [-0.2, -0.15) is 5.26 Å². The first-order valence-corrected chi connectivity index (χ1v) is 19.2. The maximum atomic E-state index is 9.57. The minimum Gasteiger partial charge on any atom is -0.208 e. The van der Waals surface area contributed by atoms with Crippen LogP contribution < -0.4 is 0 Å². The van der Waals surface area contributed by atoms with E-state index in [0.29, 0.717) is 23.0 Å². The third-order valence-electron chi connectivity index (χ3n) is 11.4. The Labute approximate surface area is 332 Å². The number of hydrogen-bond donors (Lipinski definition) is 0. The molecule has 0 saturated heterocycles. The quantitative estimate of drug-likeness (QED) is 0.171. The van der Waals surface area contributed by atoms with Crippen LogP contribution in [0.25, 0.3) is 89.4 Å². The highest BCUT2D eigenvalue weighted by Gasteiger charge is 2.35. The monoisotopic (exact) mass is 728 g/mol. The average molecular weight is 729 g/mol. The van der Waals surface area contributed by atoms with Crippen molar-refractivity contribution in [2.24, 2.45) is 0 Å². The van der Waals surface area contributed by atoms with Crippen LogP contribution in [0.4, 0.5) is 0 Å². The van der Waals surface area contributed by atoms with Crippen molar-refractivity contribution in [3.8, 4) is 84.7 Å². The molecule has 0 fully saturated rings. The summed E-state index contributed by atoms with van der Waals surface area (Å²) < 4.78 is 0. The summed E-state index contributed by atoms with van der Waals surface area (Å²) in [6.07, 6.45) is 0. The SMILES string of the molecule is CC1(C)c2cc(C#N)ccc2-c2ccc(-c3ccc(-c4c(-c5ccc(-c6nc(-c7ccccc7)nc(-c7ccccc7)n6)cc5)ccc5ccccc45)cc3)cc21. The van der Waals surface area contributed by atoms with Crippen molar-refractivity contribution in [2.75, 3.05) is 0 Å². The number of nitriles is 1. The van der Waals surface area contributed by atoms with Gasteiger partial charge in [0.25, 0.3) is 0 Å². The summed E-state index contributed by atoms with van der Waals surface area (Å²) in [6.45, 7) is 4.52. The zero-order valence-electron chi connectivity index (χ0n) is 31.6. The van der Waals surface area contributed by atoms with E-state index in [1.165, 1.54) is 49.7 Å². The molecular weight excluding hydrogens is 693 g/mol. The van der Waals surface area contributed by atoms with E-state index in [2.05, 4.69) is 135 Å². The van der Waals surface area contributed by atoms with Gasteiger partial charge >= 0.3 is 0 Å². The van der Waals surface area contributed by atoms with E-state index < -0.39 is 0 Å². The molecule has 4 nitrogen and oxygen atoms in total. The lowest BCUT2D eigenvalue weighted by Gasteiger charge is -2.22. The first-order valence-electron chi connectivity index (χ1n) is 19.2. The molecule has 1 heterocycles. The molecule has 4 heteroatoms. The Bertz CT molecular complexity index is 2960. The maximum absolute atomic E-state index is 9.57. The number of hydrogen-bond acceptors (Lipinski definition) is 4.